The molecule has 0 aromatic heterocycles. The normalized spacial score (nSPS) is 28.6. The Bertz CT molecular complexity index is 310. The molecule has 0 aliphatic carbocycles. The van der Waals surface area contributed by atoms with E-state index in [1.54, 1.807) is 4.90 Å². The Morgan fingerprint density at radius 2 is 2.44 bits per heavy atom. The lowest BCUT2D eigenvalue weighted by molar-refractivity contribution is -0.119. The van der Waals surface area contributed by atoms with Crippen molar-refractivity contribution in [3.05, 3.63) is 0 Å². The highest BCUT2D eigenvalue weighted by Crippen LogP contribution is 2.36. The lowest BCUT2D eigenvalue weighted by Crippen LogP contribution is -2.33. The van der Waals surface area contributed by atoms with Crippen molar-refractivity contribution < 1.29 is 14.3 Å². The molecule has 2 saturated heterocycles. The van der Waals surface area contributed by atoms with Gasteiger partial charge in [0.1, 0.15) is 6.61 Å². The highest BCUT2D eigenvalue weighted by molar-refractivity contribution is 6.18. The van der Waals surface area contributed by atoms with Gasteiger partial charge in [0.05, 0.1) is 5.88 Å². The van der Waals surface area contributed by atoms with E-state index in [1.807, 2.05) is 0 Å². The number of hydrogen-bond donors (Lipinski definition) is 1. The fourth-order valence-electron chi connectivity index (χ4n) is 2.35. The SMILES string of the molecule is O=C1CC2(CCN(C(=O)OCCCl)C2)CN1. The first kappa shape index (κ1) is 11.5. The van der Waals surface area contributed by atoms with E-state index < -0.39 is 0 Å². The van der Waals surface area contributed by atoms with Gasteiger partial charge in [-0.2, -0.15) is 0 Å². The van der Waals surface area contributed by atoms with E-state index in [2.05, 4.69) is 5.32 Å². The van der Waals surface area contributed by atoms with Gasteiger partial charge < -0.3 is 15.0 Å². The molecule has 2 amide bonds. The minimum absolute atomic E-state index is 0.0585. The number of nitrogens with one attached hydrogen (secondary N) is 1. The predicted octanol–water partition coefficient (Wildman–Crippen LogP) is 0.574. The summed E-state index contributed by atoms with van der Waals surface area (Å²) in [6, 6.07) is 0. The zero-order valence-electron chi connectivity index (χ0n) is 9.00. The summed E-state index contributed by atoms with van der Waals surface area (Å²) >= 11 is 5.44. The number of rotatable bonds is 2. The number of hydrogen-bond acceptors (Lipinski definition) is 3. The van der Waals surface area contributed by atoms with Crippen LogP contribution in [0.1, 0.15) is 12.8 Å². The largest absolute Gasteiger partial charge is 0.448 e. The molecule has 0 aromatic rings. The average molecular weight is 247 g/mol. The summed E-state index contributed by atoms with van der Waals surface area (Å²) < 4.78 is 4.95. The first-order chi connectivity index (χ1) is 7.65. The van der Waals surface area contributed by atoms with Crippen LogP contribution in [-0.2, 0) is 9.53 Å². The van der Waals surface area contributed by atoms with Gasteiger partial charge in [-0.25, -0.2) is 4.79 Å². The van der Waals surface area contributed by atoms with Crippen LogP contribution in [0.3, 0.4) is 0 Å². The van der Waals surface area contributed by atoms with Gasteiger partial charge >= 0.3 is 6.09 Å². The van der Waals surface area contributed by atoms with Crippen LogP contribution in [0.15, 0.2) is 0 Å². The van der Waals surface area contributed by atoms with Gasteiger partial charge in [-0.3, -0.25) is 4.79 Å². The molecule has 5 nitrogen and oxygen atoms in total. The van der Waals surface area contributed by atoms with Gasteiger partial charge in [0.25, 0.3) is 0 Å². The van der Waals surface area contributed by atoms with Gasteiger partial charge in [0.2, 0.25) is 5.91 Å². The lowest BCUT2D eigenvalue weighted by atomic mass is 9.86. The van der Waals surface area contributed by atoms with Crippen LogP contribution in [-0.4, -0.2) is 49.0 Å². The maximum atomic E-state index is 11.6. The standard InChI is InChI=1S/C10H15ClN2O3/c11-2-4-16-9(15)13-3-1-10(7-13)5-8(14)12-6-10/h1-7H2,(H,12,14). The number of nitrogens with zero attached hydrogens (tertiary/aromatic N) is 1. The zero-order chi connectivity index (χ0) is 11.6. The van der Waals surface area contributed by atoms with Crippen LogP contribution in [0.25, 0.3) is 0 Å². The Kier molecular flexibility index (Phi) is 3.23. The summed E-state index contributed by atoms with van der Waals surface area (Å²) in [5.41, 5.74) is -0.0585. The maximum absolute atomic E-state index is 11.6. The van der Waals surface area contributed by atoms with E-state index >= 15 is 0 Å². The highest BCUT2D eigenvalue weighted by Gasteiger charge is 2.45. The van der Waals surface area contributed by atoms with Crippen LogP contribution in [0.5, 0.6) is 0 Å². The van der Waals surface area contributed by atoms with Crippen LogP contribution in [0.4, 0.5) is 4.79 Å². The number of halogens is 1. The van der Waals surface area contributed by atoms with Crippen molar-refractivity contribution in [1.82, 2.24) is 10.2 Å². The monoisotopic (exact) mass is 246 g/mol. The van der Waals surface area contributed by atoms with Gasteiger partial charge in [-0.1, -0.05) is 0 Å². The topological polar surface area (TPSA) is 58.6 Å². The van der Waals surface area contributed by atoms with Crippen molar-refractivity contribution in [3.8, 4) is 0 Å². The quantitative estimate of drug-likeness (QED) is 0.725. The van der Waals surface area contributed by atoms with Crippen LogP contribution in [0.2, 0.25) is 0 Å². The van der Waals surface area contributed by atoms with Crippen LogP contribution in [0, 0.1) is 5.41 Å². The van der Waals surface area contributed by atoms with E-state index in [4.69, 9.17) is 16.3 Å². The molecular formula is C10H15ClN2O3. The second kappa shape index (κ2) is 4.49. The van der Waals surface area contributed by atoms with E-state index in [0.29, 0.717) is 31.9 Å². The fraction of sp³-hybridized carbons (Fsp3) is 0.800. The zero-order valence-corrected chi connectivity index (χ0v) is 9.76. The third kappa shape index (κ3) is 2.24. The minimum atomic E-state index is -0.322. The number of ether oxygens (including phenoxy) is 1. The molecule has 2 aliphatic rings. The lowest BCUT2D eigenvalue weighted by Gasteiger charge is -2.21. The Morgan fingerprint density at radius 3 is 3.06 bits per heavy atom. The molecule has 0 saturated carbocycles. The summed E-state index contributed by atoms with van der Waals surface area (Å²) in [5.74, 6) is 0.390. The third-order valence-electron chi connectivity index (χ3n) is 3.20. The van der Waals surface area contributed by atoms with Crippen molar-refractivity contribution >= 4 is 23.6 Å². The van der Waals surface area contributed by atoms with E-state index in [-0.39, 0.29) is 24.0 Å². The Labute approximate surface area is 99.1 Å². The molecule has 0 radical (unpaired) electrons. The number of carbonyl (C=O) groups is 2. The summed E-state index contributed by atoms with van der Waals surface area (Å²) in [7, 11) is 0. The molecule has 1 N–H and O–H groups in total. The fourth-order valence-corrected chi connectivity index (χ4v) is 2.43. The molecule has 2 rings (SSSR count). The van der Waals surface area contributed by atoms with Gasteiger partial charge in [-0.05, 0) is 6.42 Å². The molecular weight excluding hydrogens is 232 g/mol. The predicted molar refractivity (Wildman–Crippen MR) is 58.3 cm³/mol. The van der Waals surface area contributed by atoms with Gasteiger partial charge in [-0.15, -0.1) is 11.6 Å². The molecule has 0 bridgehead atoms. The van der Waals surface area contributed by atoms with Gasteiger partial charge in [0.15, 0.2) is 0 Å². The van der Waals surface area contributed by atoms with Crippen LogP contribution >= 0.6 is 11.6 Å². The van der Waals surface area contributed by atoms with Crippen molar-refractivity contribution in [3.63, 3.8) is 0 Å². The first-order valence-corrected chi connectivity index (χ1v) is 5.93. The molecule has 2 heterocycles. The maximum Gasteiger partial charge on any atom is 0.409 e. The van der Waals surface area contributed by atoms with Gasteiger partial charge in [0, 0.05) is 31.5 Å². The number of carbonyl (C=O) groups excluding carboxylic acids is 2. The first-order valence-electron chi connectivity index (χ1n) is 5.40. The average Bonchev–Trinajstić information content (AvgIpc) is 2.83. The summed E-state index contributed by atoms with van der Waals surface area (Å²) in [6.07, 6.45) is 1.06. The molecule has 1 unspecified atom stereocenters. The molecule has 1 spiro atoms. The Balaban J connectivity index is 1.88. The molecule has 1 atom stereocenters. The van der Waals surface area contributed by atoms with Crippen molar-refractivity contribution in [1.29, 1.82) is 0 Å². The van der Waals surface area contributed by atoms with E-state index in [9.17, 15) is 9.59 Å². The number of likely N-dealkylation sites (tertiary alicyclic amines) is 1. The molecule has 16 heavy (non-hydrogen) atoms. The third-order valence-corrected chi connectivity index (χ3v) is 3.35. The smallest absolute Gasteiger partial charge is 0.409 e. The molecule has 0 aromatic carbocycles. The minimum Gasteiger partial charge on any atom is -0.448 e. The second-order valence-corrected chi connectivity index (χ2v) is 4.81. The highest BCUT2D eigenvalue weighted by atomic mass is 35.5. The number of amides is 2. The van der Waals surface area contributed by atoms with Crippen LogP contribution < -0.4 is 5.32 Å². The Morgan fingerprint density at radius 1 is 1.62 bits per heavy atom. The van der Waals surface area contributed by atoms with Crippen molar-refractivity contribution in [2.45, 2.75) is 12.8 Å². The van der Waals surface area contributed by atoms with Crippen molar-refractivity contribution in [2.24, 2.45) is 5.41 Å². The number of alkyl halides is 1. The molecule has 90 valence electrons. The molecule has 2 fully saturated rings. The molecule has 6 heteroatoms. The van der Waals surface area contributed by atoms with Crippen molar-refractivity contribution in [2.75, 3.05) is 32.1 Å². The summed E-state index contributed by atoms with van der Waals surface area (Å²) in [6.45, 7) is 2.18. The van der Waals surface area contributed by atoms with E-state index in [1.165, 1.54) is 0 Å². The summed E-state index contributed by atoms with van der Waals surface area (Å²) in [5, 5.41) is 2.82. The van der Waals surface area contributed by atoms with E-state index in [0.717, 1.165) is 6.42 Å². The second-order valence-electron chi connectivity index (χ2n) is 4.43. The Hall–Kier alpha value is -0.970. The summed E-state index contributed by atoms with van der Waals surface area (Å²) in [4.78, 5) is 24.4. The molecule has 2 aliphatic heterocycles.